The van der Waals surface area contributed by atoms with Crippen LogP contribution in [0.4, 0.5) is 5.69 Å². The Bertz CT molecular complexity index is 1320. The van der Waals surface area contributed by atoms with Gasteiger partial charge >= 0.3 is 0 Å². The van der Waals surface area contributed by atoms with Crippen molar-refractivity contribution in [3.8, 4) is 11.5 Å². The van der Waals surface area contributed by atoms with Gasteiger partial charge in [-0.1, -0.05) is 17.7 Å². The number of aryl methyl sites for hydroxylation is 1. The maximum Gasteiger partial charge on any atom is 0.291 e. The van der Waals surface area contributed by atoms with Gasteiger partial charge in [-0.3, -0.25) is 14.2 Å². The van der Waals surface area contributed by atoms with E-state index in [0.717, 1.165) is 17.0 Å². The number of nitrogens with one attached hydrogen (secondary N) is 1. The number of carbonyl (C=O) groups excluding carboxylic acids is 1. The molecule has 0 saturated heterocycles. The Balaban J connectivity index is 1.39. The first kappa shape index (κ1) is 24.4. The summed E-state index contributed by atoms with van der Waals surface area (Å²) in [6.45, 7) is 9.61. The molecule has 4 rings (SSSR count). The van der Waals surface area contributed by atoms with E-state index in [1.54, 1.807) is 33.9 Å². The van der Waals surface area contributed by atoms with Gasteiger partial charge in [-0.25, -0.2) is 0 Å². The highest BCUT2D eigenvalue weighted by Gasteiger charge is 2.15. The summed E-state index contributed by atoms with van der Waals surface area (Å²) in [5.41, 5.74) is 3.16. The number of hydrogen-bond acceptors (Lipinski definition) is 6. The van der Waals surface area contributed by atoms with Gasteiger partial charge in [0.2, 0.25) is 0 Å². The number of benzene rings is 1. The van der Waals surface area contributed by atoms with Gasteiger partial charge in [0, 0.05) is 6.20 Å². The van der Waals surface area contributed by atoms with E-state index in [0.29, 0.717) is 54.3 Å². The largest absolute Gasteiger partial charge is 0.490 e. The minimum Gasteiger partial charge on any atom is -0.490 e. The molecule has 1 aromatic carbocycles. The van der Waals surface area contributed by atoms with Crippen LogP contribution < -0.4 is 14.8 Å². The van der Waals surface area contributed by atoms with E-state index >= 15 is 0 Å². The SMILES string of the molecule is CCOc1ccc(Cn2cc(NC(=O)c3ccc(Cn4nc(C)c(Cl)c4C)o3)cn2)cc1OCC. The van der Waals surface area contributed by atoms with Crippen LogP contribution in [0.2, 0.25) is 5.02 Å². The number of furan rings is 1. The summed E-state index contributed by atoms with van der Waals surface area (Å²) >= 11 is 6.21. The Hall–Kier alpha value is -3.72. The molecule has 0 fully saturated rings. The third kappa shape index (κ3) is 5.68. The fraction of sp³-hybridized carbons (Fsp3) is 0.320. The lowest BCUT2D eigenvalue weighted by Gasteiger charge is -2.12. The predicted octanol–water partition coefficient (Wildman–Crippen LogP) is 5.09. The lowest BCUT2D eigenvalue weighted by molar-refractivity contribution is 0.0994. The summed E-state index contributed by atoms with van der Waals surface area (Å²) in [6, 6.07) is 9.19. The molecule has 0 atom stereocenters. The van der Waals surface area contributed by atoms with Crippen LogP contribution in [0.3, 0.4) is 0 Å². The number of hydrogen-bond donors (Lipinski definition) is 1. The molecular weight excluding hydrogens is 470 g/mol. The fourth-order valence-corrected chi connectivity index (χ4v) is 3.79. The maximum atomic E-state index is 12.7. The van der Waals surface area contributed by atoms with Gasteiger partial charge in [-0.2, -0.15) is 10.2 Å². The third-order valence-electron chi connectivity index (χ3n) is 5.33. The van der Waals surface area contributed by atoms with E-state index < -0.39 is 0 Å². The van der Waals surface area contributed by atoms with Gasteiger partial charge in [-0.05, 0) is 57.5 Å². The zero-order chi connectivity index (χ0) is 24.9. The molecule has 0 radical (unpaired) electrons. The average molecular weight is 498 g/mol. The number of halogens is 1. The van der Waals surface area contributed by atoms with Gasteiger partial charge in [0.25, 0.3) is 5.91 Å². The van der Waals surface area contributed by atoms with E-state index in [-0.39, 0.29) is 11.7 Å². The fourth-order valence-electron chi connectivity index (χ4n) is 3.65. The van der Waals surface area contributed by atoms with Crippen LogP contribution in [0.25, 0.3) is 0 Å². The number of anilines is 1. The van der Waals surface area contributed by atoms with Crippen LogP contribution in [-0.2, 0) is 13.1 Å². The van der Waals surface area contributed by atoms with Crippen molar-refractivity contribution in [3.05, 3.63) is 76.2 Å². The van der Waals surface area contributed by atoms with Gasteiger partial charge in [-0.15, -0.1) is 0 Å². The van der Waals surface area contributed by atoms with Gasteiger partial charge in [0.1, 0.15) is 5.76 Å². The molecule has 0 saturated carbocycles. The van der Waals surface area contributed by atoms with Crippen molar-refractivity contribution in [2.24, 2.45) is 0 Å². The molecule has 0 bridgehead atoms. The standard InChI is InChI=1S/C25H28ClN5O4/c1-5-33-21-9-7-18(11-23(21)34-6-2)13-30-14-19(12-27-30)28-25(32)22-10-8-20(35-22)15-31-17(4)24(26)16(3)29-31/h7-12,14H,5-6,13,15H2,1-4H3,(H,28,32). The van der Waals surface area contributed by atoms with Crippen LogP contribution in [0, 0.1) is 13.8 Å². The van der Waals surface area contributed by atoms with Crippen molar-refractivity contribution in [2.75, 3.05) is 18.5 Å². The van der Waals surface area contributed by atoms with Crippen molar-refractivity contribution in [3.63, 3.8) is 0 Å². The molecule has 4 aromatic rings. The summed E-state index contributed by atoms with van der Waals surface area (Å²) in [5, 5.41) is 12.2. The summed E-state index contributed by atoms with van der Waals surface area (Å²) < 4.78 is 20.5. The molecule has 0 aliphatic heterocycles. The first-order chi connectivity index (χ1) is 16.9. The van der Waals surface area contributed by atoms with Crippen molar-refractivity contribution < 1.29 is 18.7 Å². The Morgan fingerprint density at radius 1 is 1.09 bits per heavy atom. The molecule has 184 valence electrons. The topological polar surface area (TPSA) is 96.3 Å². The number of nitrogens with zero attached hydrogens (tertiary/aromatic N) is 4. The molecule has 3 aromatic heterocycles. The first-order valence-electron chi connectivity index (χ1n) is 11.4. The Morgan fingerprint density at radius 2 is 1.86 bits per heavy atom. The second-order valence-corrected chi connectivity index (χ2v) is 8.31. The number of aromatic nitrogens is 4. The summed E-state index contributed by atoms with van der Waals surface area (Å²) in [5.74, 6) is 1.86. The summed E-state index contributed by atoms with van der Waals surface area (Å²) in [6.07, 6.45) is 3.36. The predicted molar refractivity (Wildman–Crippen MR) is 133 cm³/mol. The molecule has 0 spiro atoms. The summed E-state index contributed by atoms with van der Waals surface area (Å²) in [4.78, 5) is 12.7. The van der Waals surface area contributed by atoms with Crippen molar-refractivity contribution >= 4 is 23.2 Å². The van der Waals surface area contributed by atoms with Crippen molar-refractivity contribution in [2.45, 2.75) is 40.8 Å². The van der Waals surface area contributed by atoms with E-state index in [1.165, 1.54) is 0 Å². The average Bonchev–Trinajstić information content (AvgIpc) is 3.54. The number of amides is 1. The number of carbonyl (C=O) groups is 1. The zero-order valence-electron chi connectivity index (χ0n) is 20.2. The molecule has 10 heteroatoms. The quantitative estimate of drug-likeness (QED) is 0.328. The number of rotatable bonds is 10. The van der Waals surface area contributed by atoms with E-state index in [9.17, 15) is 4.79 Å². The maximum absolute atomic E-state index is 12.7. The normalized spacial score (nSPS) is 11.0. The highest BCUT2D eigenvalue weighted by molar-refractivity contribution is 6.31. The van der Waals surface area contributed by atoms with Crippen molar-refractivity contribution in [1.82, 2.24) is 19.6 Å². The Morgan fingerprint density at radius 3 is 2.57 bits per heavy atom. The molecule has 3 heterocycles. The monoisotopic (exact) mass is 497 g/mol. The highest BCUT2D eigenvalue weighted by Crippen LogP contribution is 2.29. The van der Waals surface area contributed by atoms with E-state index in [4.69, 9.17) is 25.5 Å². The molecular formula is C25H28ClN5O4. The van der Waals surface area contributed by atoms with Crippen LogP contribution in [0.15, 0.2) is 47.1 Å². The third-order valence-corrected chi connectivity index (χ3v) is 5.87. The van der Waals surface area contributed by atoms with E-state index in [2.05, 4.69) is 15.5 Å². The van der Waals surface area contributed by atoms with Crippen LogP contribution in [0.1, 0.15) is 47.1 Å². The molecule has 35 heavy (non-hydrogen) atoms. The first-order valence-corrected chi connectivity index (χ1v) is 11.8. The van der Waals surface area contributed by atoms with Crippen LogP contribution >= 0.6 is 11.6 Å². The van der Waals surface area contributed by atoms with Crippen LogP contribution in [0.5, 0.6) is 11.5 Å². The Labute approximate surface area is 208 Å². The molecule has 0 aliphatic carbocycles. The van der Waals surface area contributed by atoms with Crippen molar-refractivity contribution in [1.29, 1.82) is 0 Å². The molecule has 0 unspecified atom stereocenters. The molecule has 1 amide bonds. The lowest BCUT2D eigenvalue weighted by atomic mass is 10.2. The zero-order valence-corrected chi connectivity index (χ0v) is 20.9. The van der Waals surface area contributed by atoms with Gasteiger partial charge < -0.3 is 19.2 Å². The minimum atomic E-state index is -0.359. The highest BCUT2D eigenvalue weighted by atomic mass is 35.5. The van der Waals surface area contributed by atoms with E-state index in [1.807, 2.05) is 45.9 Å². The lowest BCUT2D eigenvalue weighted by Crippen LogP contribution is -2.10. The molecule has 9 nitrogen and oxygen atoms in total. The summed E-state index contributed by atoms with van der Waals surface area (Å²) in [7, 11) is 0. The smallest absolute Gasteiger partial charge is 0.291 e. The van der Waals surface area contributed by atoms with Gasteiger partial charge in [0.15, 0.2) is 17.3 Å². The van der Waals surface area contributed by atoms with Gasteiger partial charge in [0.05, 0.1) is 54.6 Å². The number of ether oxygens (including phenoxy) is 2. The molecule has 0 aliphatic rings. The minimum absolute atomic E-state index is 0.202. The van der Waals surface area contributed by atoms with Crippen LogP contribution in [-0.4, -0.2) is 38.7 Å². The second kappa shape index (κ2) is 10.7. The Kier molecular flexibility index (Phi) is 7.45. The second-order valence-electron chi connectivity index (χ2n) is 7.94. The molecule has 1 N–H and O–H groups in total.